The predicted molar refractivity (Wildman–Crippen MR) is 45.9 cm³/mol. The molecule has 0 aliphatic heterocycles. The number of carboxylic acids is 4. The van der Waals surface area contributed by atoms with Crippen LogP contribution in [0.5, 0.6) is 0 Å². The Bertz CT molecular complexity index is 357. The number of aliphatic hydroxyl groups excluding tert-OH is 1. The maximum Gasteiger partial charge on any atom is 1.00 e. The average molecular weight is 370 g/mol. The molecule has 0 fully saturated rings. The van der Waals surface area contributed by atoms with Gasteiger partial charge in [-0.05, 0) is 6.92 Å². The van der Waals surface area contributed by atoms with Crippen molar-refractivity contribution in [3.63, 3.8) is 0 Å². The second-order valence-corrected chi connectivity index (χ2v) is 3.41. The second kappa shape index (κ2) is 20.1. The van der Waals surface area contributed by atoms with E-state index in [0.717, 1.165) is 6.92 Å². The molecule has 0 aliphatic carbocycles. The number of aliphatic carboxylic acids is 4. The van der Waals surface area contributed by atoms with Crippen molar-refractivity contribution in [2.75, 3.05) is 0 Å². The van der Waals surface area contributed by atoms with Crippen LogP contribution < -0.4 is 139 Å². The van der Waals surface area contributed by atoms with E-state index in [0.29, 0.717) is 0 Å². The molecule has 0 heterocycles. The summed E-state index contributed by atoms with van der Waals surface area (Å²) in [5.74, 6) is -7.42. The Balaban J connectivity index is -0.0000000635. The monoisotopic (exact) mass is 370 g/mol. The molecule has 0 spiro atoms. The first kappa shape index (κ1) is 39.7. The molecule has 14 heteroatoms. The first-order valence-corrected chi connectivity index (χ1v) is 4.65. The molecule has 0 rings (SSSR count). The number of carboxylic acid groups (broad SMARTS) is 4. The fourth-order valence-electron chi connectivity index (χ4n) is 0.684. The van der Waals surface area contributed by atoms with Crippen LogP contribution in [0.15, 0.2) is 0 Å². The van der Waals surface area contributed by atoms with Gasteiger partial charge in [0.25, 0.3) is 0 Å². The third kappa shape index (κ3) is 23.8. The molecule has 0 radical (unpaired) electrons. The molecule has 1 unspecified atom stereocenters. The SMILES string of the molecule is CC(O)C(=O)[O-].O=C([O-])CC(O)(CC(=O)[O-])C(=O)[O-].[Na+].[Na+].[Na+].[Na+]. The van der Waals surface area contributed by atoms with Gasteiger partial charge < -0.3 is 49.8 Å². The van der Waals surface area contributed by atoms with E-state index in [1.807, 2.05) is 0 Å². The van der Waals surface area contributed by atoms with E-state index in [1.165, 1.54) is 0 Å². The maximum absolute atomic E-state index is 10.1. The Morgan fingerprint density at radius 2 is 1.09 bits per heavy atom. The number of hydrogen-bond donors (Lipinski definition) is 2. The minimum absolute atomic E-state index is 0. The number of aliphatic hydroxyl groups is 2. The van der Waals surface area contributed by atoms with Crippen molar-refractivity contribution >= 4 is 23.9 Å². The number of hydrogen-bond acceptors (Lipinski definition) is 10. The number of carbonyl (C=O) groups is 4. The fraction of sp³-hybridized carbons (Fsp3) is 0.556. The minimum Gasteiger partial charge on any atom is -0.550 e. The molecule has 0 saturated heterocycles. The van der Waals surface area contributed by atoms with Gasteiger partial charge in [0.05, 0.1) is 18.0 Å². The van der Waals surface area contributed by atoms with E-state index in [-0.39, 0.29) is 118 Å². The van der Waals surface area contributed by atoms with E-state index in [9.17, 15) is 39.6 Å². The molecule has 23 heavy (non-hydrogen) atoms. The molecule has 0 aromatic rings. The van der Waals surface area contributed by atoms with Crippen molar-refractivity contribution in [3.8, 4) is 0 Å². The van der Waals surface area contributed by atoms with Crippen molar-refractivity contribution in [3.05, 3.63) is 0 Å². The molecule has 0 amide bonds. The van der Waals surface area contributed by atoms with Crippen molar-refractivity contribution in [1.82, 2.24) is 0 Å². The van der Waals surface area contributed by atoms with Crippen LogP contribution in [0.3, 0.4) is 0 Å². The van der Waals surface area contributed by atoms with Crippen molar-refractivity contribution in [2.45, 2.75) is 31.5 Å². The Labute approximate surface area is 220 Å². The topological polar surface area (TPSA) is 201 Å². The summed E-state index contributed by atoms with van der Waals surface area (Å²) in [6.45, 7) is 1.13. The molecular weight excluding hydrogens is 360 g/mol. The van der Waals surface area contributed by atoms with Crippen molar-refractivity contribution in [2.24, 2.45) is 0 Å². The fourth-order valence-corrected chi connectivity index (χ4v) is 0.684. The molecule has 10 nitrogen and oxygen atoms in total. The zero-order valence-electron chi connectivity index (χ0n) is 13.7. The quantitative estimate of drug-likeness (QED) is 0.423. The van der Waals surface area contributed by atoms with Crippen LogP contribution in [-0.2, 0) is 19.2 Å². The van der Waals surface area contributed by atoms with Gasteiger partial charge in [0.2, 0.25) is 0 Å². The Hall–Kier alpha value is 1.80. The molecule has 0 saturated carbocycles. The van der Waals surface area contributed by atoms with Crippen molar-refractivity contribution < 1.29 is 168 Å². The zero-order chi connectivity index (χ0) is 15.8. The Morgan fingerprint density at radius 3 is 1.17 bits per heavy atom. The number of carbonyl (C=O) groups excluding carboxylic acids is 4. The minimum atomic E-state index is -2.97. The summed E-state index contributed by atoms with van der Waals surface area (Å²) in [5, 5.41) is 56.2. The Kier molecular flexibility index (Phi) is 34.8. The van der Waals surface area contributed by atoms with Gasteiger partial charge in [-0.15, -0.1) is 0 Å². The predicted octanol–water partition coefficient (Wildman–Crippen LogP) is -19.1. The summed E-state index contributed by atoms with van der Waals surface area (Å²) >= 11 is 0. The first-order valence-electron chi connectivity index (χ1n) is 4.65. The molecule has 0 bridgehead atoms. The van der Waals surface area contributed by atoms with Crippen LogP contribution in [0.2, 0.25) is 0 Å². The maximum atomic E-state index is 10.1. The van der Waals surface area contributed by atoms with Crippen LogP contribution in [0.25, 0.3) is 0 Å². The van der Waals surface area contributed by atoms with Gasteiger partial charge in [0, 0.05) is 24.8 Å². The van der Waals surface area contributed by atoms with Gasteiger partial charge in [-0.1, -0.05) is 0 Å². The van der Waals surface area contributed by atoms with E-state index in [4.69, 9.17) is 10.2 Å². The summed E-state index contributed by atoms with van der Waals surface area (Å²) in [7, 11) is 0. The third-order valence-corrected chi connectivity index (χ3v) is 1.59. The van der Waals surface area contributed by atoms with E-state index in [2.05, 4.69) is 0 Å². The van der Waals surface area contributed by atoms with E-state index in [1.54, 1.807) is 0 Å². The van der Waals surface area contributed by atoms with Crippen LogP contribution >= 0.6 is 0 Å². The molecule has 0 aromatic heterocycles. The molecule has 110 valence electrons. The summed E-state index contributed by atoms with van der Waals surface area (Å²) in [6, 6.07) is 0. The summed E-state index contributed by atoms with van der Waals surface area (Å²) in [6.07, 6.45) is -4.06. The smallest absolute Gasteiger partial charge is 0.550 e. The summed E-state index contributed by atoms with van der Waals surface area (Å²) in [4.78, 5) is 39.3. The second-order valence-electron chi connectivity index (χ2n) is 3.41. The number of rotatable bonds is 6. The molecule has 1 atom stereocenters. The largest absolute Gasteiger partial charge is 1.00 e. The molecule has 2 N–H and O–H groups in total. The van der Waals surface area contributed by atoms with E-state index < -0.39 is 48.4 Å². The van der Waals surface area contributed by atoms with Gasteiger partial charge in [-0.3, -0.25) is 0 Å². The van der Waals surface area contributed by atoms with Crippen LogP contribution in [0.1, 0.15) is 19.8 Å². The molecular formula is C9H10Na4O10. The van der Waals surface area contributed by atoms with Crippen LogP contribution in [0.4, 0.5) is 0 Å². The van der Waals surface area contributed by atoms with Crippen molar-refractivity contribution in [1.29, 1.82) is 0 Å². The third-order valence-electron chi connectivity index (χ3n) is 1.59. The van der Waals surface area contributed by atoms with E-state index >= 15 is 0 Å². The van der Waals surface area contributed by atoms with Gasteiger partial charge in [-0.2, -0.15) is 0 Å². The van der Waals surface area contributed by atoms with Gasteiger partial charge in [0.15, 0.2) is 0 Å². The van der Waals surface area contributed by atoms with Gasteiger partial charge in [0.1, 0.15) is 5.60 Å². The zero-order valence-corrected chi connectivity index (χ0v) is 21.7. The molecule has 0 aliphatic rings. The normalized spacial score (nSPS) is 9.70. The van der Waals surface area contributed by atoms with Gasteiger partial charge in [-0.25, -0.2) is 0 Å². The van der Waals surface area contributed by atoms with Crippen LogP contribution in [-0.4, -0.2) is 45.8 Å². The first-order chi connectivity index (χ1) is 8.42. The average Bonchev–Trinajstić information content (AvgIpc) is 2.14. The standard InChI is InChI=1S/C6H8O7.C3H6O3.4Na/c7-3(8)1-6(13,5(11)12)2-4(9)10;1-2(4)3(5)6;;;;/h13H,1-2H2,(H,7,8)(H,9,10)(H,11,12);2,4H,1H3,(H,5,6);;;;/q;;4*+1/p-4. The Morgan fingerprint density at radius 1 is 0.870 bits per heavy atom. The molecule has 0 aromatic carbocycles. The van der Waals surface area contributed by atoms with Crippen LogP contribution in [0, 0.1) is 0 Å². The summed E-state index contributed by atoms with van der Waals surface area (Å²) in [5.41, 5.74) is -2.97. The summed E-state index contributed by atoms with van der Waals surface area (Å²) < 4.78 is 0. The van der Waals surface area contributed by atoms with Gasteiger partial charge >= 0.3 is 118 Å².